The van der Waals surface area contributed by atoms with Crippen molar-refractivity contribution >= 4 is 9.84 Å². The molecular weight excluding hydrogens is 300 g/mol. The molecule has 5 heteroatoms. The molecule has 0 saturated heterocycles. The first-order valence-electron chi connectivity index (χ1n) is 6.92. The van der Waals surface area contributed by atoms with Gasteiger partial charge in [-0.05, 0) is 74.6 Å². The second kappa shape index (κ2) is 5.32. The maximum Gasteiger partial charge on any atom is 0.210 e. The summed E-state index contributed by atoms with van der Waals surface area (Å²) in [7, 11) is -3.92. The normalized spacial score (nSPS) is 11.7. The van der Waals surface area contributed by atoms with E-state index in [0.717, 1.165) is 11.1 Å². The number of aromatic hydroxyl groups is 2. The van der Waals surface area contributed by atoms with E-state index in [2.05, 4.69) is 0 Å². The average Bonchev–Trinajstić information content (AvgIpc) is 2.38. The lowest BCUT2D eigenvalue weighted by molar-refractivity contribution is 0.456. The van der Waals surface area contributed by atoms with Crippen LogP contribution >= 0.6 is 0 Å². The second-order valence-corrected chi connectivity index (χ2v) is 7.56. The van der Waals surface area contributed by atoms with Crippen LogP contribution in [0.4, 0.5) is 0 Å². The summed E-state index contributed by atoms with van der Waals surface area (Å²) in [6, 6.07) is 4.39. The molecule has 0 atom stereocenters. The minimum Gasteiger partial charge on any atom is -0.508 e. The highest BCUT2D eigenvalue weighted by atomic mass is 32.2. The van der Waals surface area contributed by atoms with E-state index in [1.54, 1.807) is 40.7 Å². The van der Waals surface area contributed by atoms with Crippen LogP contribution in [0.1, 0.15) is 27.8 Å². The Bertz CT molecular complexity index is 842. The molecule has 2 aromatic carbocycles. The number of rotatable bonds is 2. The van der Waals surface area contributed by atoms with Crippen molar-refractivity contribution in [1.82, 2.24) is 0 Å². The zero-order chi connectivity index (χ0) is 16.8. The Morgan fingerprint density at radius 1 is 0.773 bits per heavy atom. The molecule has 0 spiro atoms. The Morgan fingerprint density at radius 2 is 1.36 bits per heavy atom. The molecule has 0 unspecified atom stereocenters. The molecule has 0 radical (unpaired) electrons. The zero-order valence-corrected chi connectivity index (χ0v) is 14.2. The summed E-state index contributed by atoms with van der Waals surface area (Å²) in [5.41, 5.74) is 3.22. The van der Waals surface area contributed by atoms with E-state index >= 15 is 0 Å². The Balaban J connectivity index is 2.83. The molecule has 0 saturated carbocycles. The smallest absolute Gasteiger partial charge is 0.210 e. The van der Waals surface area contributed by atoms with Crippen LogP contribution in [0.25, 0.3) is 0 Å². The zero-order valence-electron chi connectivity index (χ0n) is 13.4. The predicted octanol–water partition coefficient (Wildman–Crippen LogP) is 3.47. The van der Waals surface area contributed by atoms with E-state index in [4.69, 9.17) is 0 Å². The molecule has 0 amide bonds. The molecular formula is C17H20O4S. The van der Waals surface area contributed by atoms with Crippen molar-refractivity contribution < 1.29 is 18.6 Å². The van der Waals surface area contributed by atoms with Crippen molar-refractivity contribution in [1.29, 1.82) is 0 Å². The Kier molecular flexibility index (Phi) is 3.96. The summed E-state index contributed by atoms with van der Waals surface area (Å²) < 4.78 is 25.9. The SMILES string of the molecule is Cc1cc(C)c(S(=O)(=O)c2cc(O)c(C)c(C)c2C)c(O)c1. The molecule has 22 heavy (non-hydrogen) atoms. The van der Waals surface area contributed by atoms with Gasteiger partial charge in [0.2, 0.25) is 9.84 Å². The molecule has 0 aliphatic heterocycles. The fourth-order valence-electron chi connectivity index (χ4n) is 2.67. The first-order valence-corrected chi connectivity index (χ1v) is 8.40. The second-order valence-electron chi connectivity index (χ2n) is 5.70. The lowest BCUT2D eigenvalue weighted by Crippen LogP contribution is -2.08. The van der Waals surface area contributed by atoms with E-state index in [1.807, 2.05) is 0 Å². The van der Waals surface area contributed by atoms with Crippen LogP contribution < -0.4 is 0 Å². The van der Waals surface area contributed by atoms with Crippen molar-refractivity contribution in [3.05, 3.63) is 46.0 Å². The lowest BCUT2D eigenvalue weighted by atomic mass is 10.0. The first kappa shape index (κ1) is 16.4. The van der Waals surface area contributed by atoms with Crippen LogP contribution in [0.3, 0.4) is 0 Å². The van der Waals surface area contributed by atoms with Gasteiger partial charge in [-0.1, -0.05) is 6.07 Å². The fourth-order valence-corrected chi connectivity index (χ4v) is 4.53. The molecule has 2 rings (SSSR count). The number of benzene rings is 2. The van der Waals surface area contributed by atoms with Gasteiger partial charge in [0.25, 0.3) is 0 Å². The standard InChI is InChI=1S/C17H20O4S/c1-9-6-10(2)17(15(19)7-9)22(20,21)16-8-14(18)12(4)11(3)13(16)5/h6-8,18-19H,1-5H3. The van der Waals surface area contributed by atoms with Crippen molar-refractivity contribution in [3.8, 4) is 11.5 Å². The van der Waals surface area contributed by atoms with E-state index in [1.165, 1.54) is 12.1 Å². The van der Waals surface area contributed by atoms with Crippen molar-refractivity contribution in [2.24, 2.45) is 0 Å². The summed E-state index contributed by atoms with van der Waals surface area (Å²) in [5, 5.41) is 20.1. The lowest BCUT2D eigenvalue weighted by Gasteiger charge is -2.16. The Hall–Kier alpha value is -2.01. The van der Waals surface area contributed by atoms with Gasteiger partial charge >= 0.3 is 0 Å². The molecule has 0 aliphatic carbocycles. The van der Waals surface area contributed by atoms with Gasteiger partial charge in [0.05, 0.1) is 4.90 Å². The third-order valence-electron chi connectivity index (χ3n) is 4.10. The summed E-state index contributed by atoms with van der Waals surface area (Å²) in [6.45, 7) is 8.65. The van der Waals surface area contributed by atoms with Crippen molar-refractivity contribution in [2.75, 3.05) is 0 Å². The van der Waals surface area contributed by atoms with Crippen molar-refractivity contribution in [2.45, 2.75) is 44.4 Å². The topological polar surface area (TPSA) is 74.6 Å². The fraction of sp³-hybridized carbons (Fsp3) is 0.294. The monoisotopic (exact) mass is 320 g/mol. The minimum atomic E-state index is -3.92. The van der Waals surface area contributed by atoms with Gasteiger partial charge in [0.15, 0.2) is 0 Å². The predicted molar refractivity (Wildman–Crippen MR) is 85.4 cm³/mol. The van der Waals surface area contributed by atoms with Gasteiger partial charge in [0.1, 0.15) is 16.4 Å². The number of sulfone groups is 1. The van der Waals surface area contributed by atoms with Gasteiger partial charge < -0.3 is 10.2 Å². The minimum absolute atomic E-state index is 0.0235. The van der Waals surface area contributed by atoms with Gasteiger partial charge in [-0.15, -0.1) is 0 Å². The summed E-state index contributed by atoms with van der Waals surface area (Å²) in [5.74, 6) is -0.333. The highest BCUT2D eigenvalue weighted by molar-refractivity contribution is 7.91. The number of hydrogen-bond acceptors (Lipinski definition) is 4. The molecule has 0 bridgehead atoms. The average molecular weight is 320 g/mol. The maximum absolute atomic E-state index is 13.0. The maximum atomic E-state index is 13.0. The molecule has 0 aromatic heterocycles. The largest absolute Gasteiger partial charge is 0.508 e. The van der Waals surface area contributed by atoms with Gasteiger partial charge in [0, 0.05) is 0 Å². The van der Waals surface area contributed by atoms with E-state index in [9.17, 15) is 18.6 Å². The molecule has 4 nitrogen and oxygen atoms in total. The summed E-state index contributed by atoms with van der Waals surface area (Å²) in [4.78, 5) is -0.0841. The quantitative estimate of drug-likeness (QED) is 0.888. The summed E-state index contributed by atoms with van der Waals surface area (Å²) >= 11 is 0. The Labute approximate surface area is 131 Å². The van der Waals surface area contributed by atoms with Crippen LogP contribution in [0, 0.1) is 34.6 Å². The van der Waals surface area contributed by atoms with Crippen LogP contribution in [-0.4, -0.2) is 18.6 Å². The Morgan fingerprint density at radius 3 is 1.91 bits per heavy atom. The number of hydrogen-bond donors (Lipinski definition) is 2. The molecule has 2 N–H and O–H groups in total. The third kappa shape index (κ3) is 2.46. The highest BCUT2D eigenvalue weighted by Crippen LogP contribution is 2.37. The van der Waals surface area contributed by atoms with Crippen LogP contribution in [0.5, 0.6) is 11.5 Å². The number of phenols is 2. The third-order valence-corrected chi connectivity index (χ3v) is 6.18. The van der Waals surface area contributed by atoms with Crippen LogP contribution in [-0.2, 0) is 9.84 Å². The first-order chi connectivity index (χ1) is 10.1. The van der Waals surface area contributed by atoms with Crippen molar-refractivity contribution in [3.63, 3.8) is 0 Å². The number of aryl methyl sites for hydroxylation is 2. The van der Waals surface area contributed by atoms with E-state index in [0.29, 0.717) is 16.7 Å². The van der Waals surface area contributed by atoms with Crippen LogP contribution in [0.15, 0.2) is 28.0 Å². The van der Waals surface area contributed by atoms with E-state index in [-0.39, 0.29) is 21.3 Å². The molecule has 0 aliphatic rings. The number of phenolic OH excluding ortho intramolecular Hbond substituents is 2. The molecule has 118 valence electrons. The molecule has 2 aromatic rings. The highest BCUT2D eigenvalue weighted by Gasteiger charge is 2.27. The summed E-state index contributed by atoms with van der Waals surface area (Å²) in [6.07, 6.45) is 0. The van der Waals surface area contributed by atoms with Crippen LogP contribution in [0.2, 0.25) is 0 Å². The molecule has 0 heterocycles. The van der Waals surface area contributed by atoms with E-state index < -0.39 is 9.84 Å². The molecule has 0 fully saturated rings. The van der Waals surface area contributed by atoms with Gasteiger partial charge in [-0.2, -0.15) is 0 Å². The van der Waals surface area contributed by atoms with Gasteiger partial charge in [-0.25, -0.2) is 8.42 Å². The van der Waals surface area contributed by atoms with Gasteiger partial charge in [-0.3, -0.25) is 0 Å².